The highest BCUT2D eigenvalue weighted by Crippen LogP contribution is 2.16. The maximum atomic E-state index is 12.0. The Morgan fingerprint density at radius 2 is 1.69 bits per heavy atom. The number of anilines is 1. The van der Waals surface area contributed by atoms with Crippen molar-refractivity contribution in [1.82, 2.24) is 0 Å². The topological polar surface area (TPSA) is 64.6 Å². The number of rotatable bonds is 9. The first-order valence-electron chi connectivity index (χ1n) is 8.54. The van der Waals surface area contributed by atoms with Crippen molar-refractivity contribution in [3.8, 4) is 5.75 Å². The highest BCUT2D eigenvalue weighted by molar-refractivity contribution is 9.10. The Morgan fingerprint density at radius 3 is 2.35 bits per heavy atom. The zero-order valence-corrected chi connectivity index (χ0v) is 16.3. The lowest BCUT2D eigenvalue weighted by molar-refractivity contribution is -0.116. The molecule has 0 aromatic heterocycles. The highest BCUT2D eigenvalue weighted by atomic mass is 79.9. The van der Waals surface area contributed by atoms with Crippen molar-refractivity contribution >= 4 is 33.5 Å². The number of ether oxygens (including phenoxy) is 2. The molecule has 0 atom stereocenters. The third-order valence-corrected chi connectivity index (χ3v) is 4.00. The van der Waals surface area contributed by atoms with E-state index in [4.69, 9.17) is 9.47 Å². The normalized spacial score (nSPS) is 10.2. The van der Waals surface area contributed by atoms with Gasteiger partial charge in [0, 0.05) is 16.6 Å². The summed E-state index contributed by atoms with van der Waals surface area (Å²) in [7, 11) is 0. The summed E-state index contributed by atoms with van der Waals surface area (Å²) < 4.78 is 11.6. The van der Waals surface area contributed by atoms with E-state index in [-0.39, 0.29) is 11.9 Å². The zero-order valence-electron chi connectivity index (χ0n) is 14.7. The van der Waals surface area contributed by atoms with Crippen LogP contribution in [-0.2, 0) is 9.53 Å². The Hall–Kier alpha value is -2.34. The standard InChI is InChI=1S/C20H22BrNO4/c1-2-13-26-20(24)15-5-9-17(10-6-15)22-19(23)4-3-14-25-18-11-7-16(21)8-12-18/h5-12H,2-4,13-14H2,1H3,(H,22,23). The molecule has 0 radical (unpaired) electrons. The van der Waals surface area contributed by atoms with Gasteiger partial charge >= 0.3 is 5.97 Å². The van der Waals surface area contributed by atoms with Crippen molar-refractivity contribution in [3.05, 3.63) is 58.6 Å². The molecule has 2 aromatic carbocycles. The number of esters is 1. The molecule has 2 aromatic rings. The number of benzene rings is 2. The molecule has 0 saturated carbocycles. The second-order valence-electron chi connectivity index (χ2n) is 5.67. The first-order valence-corrected chi connectivity index (χ1v) is 9.33. The lowest BCUT2D eigenvalue weighted by Crippen LogP contribution is -2.13. The molecule has 0 aliphatic rings. The van der Waals surface area contributed by atoms with Crippen LogP contribution in [0.3, 0.4) is 0 Å². The summed E-state index contributed by atoms with van der Waals surface area (Å²) in [6.45, 7) is 2.81. The molecule has 138 valence electrons. The Labute approximate surface area is 161 Å². The summed E-state index contributed by atoms with van der Waals surface area (Å²) in [5, 5.41) is 2.80. The number of hydrogen-bond acceptors (Lipinski definition) is 4. The first-order chi connectivity index (χ1) is 12.6. The van der Waals surface area contributed by atoms with E-state index < -0.39 is 0 Å². The average molecular weight is 420 g/mol. The number of nitrogens with one attached hydrogen (secondary N) is 1. The summed E-state index contributed by atoms with van der Waals surface area (Å²) in [5.74, 6) is 0.333. The smallest absolute Gasteiger partial charge is 0.338 e. The predicted molar refractivity (Wildman–Crippen MR) is 105 cm³/mol. The Bertz CT molecular complexity index is 714. The summed E-state index contributed by atoms with van der Waals surface area (Å²) in [4.78, 5) is 23.7. The molecule has 26 heavy (non-hydrogen) atoms. The molecule has 6 heteroatoms. The van der Waals surface area contributed by atoms with E-state index in [2.05, 4.69) is 21.2 Å². The number of carbonyl (C=O) groups is 2. The van der Waals surface area contributed by atoms with Crippen LogP contribution in [0.2, 0.25) is 0 Å². The highest BCUT2D eigenvalue weighted by Gasteiger charge is 2.07. The van der Waals surface area contributed by atoms with Crippen molar-refractivity contribution < 1.29 is 19.1 Å². The molecule has 0 bridgehead atoms. The maximum Gasteiger partial charge on any atom is 0.338 e. The van der Waals surface area contributed by atoms with Gasteiger partial charge in [-0.25, -0.2) is 4.79 Å². The quantitative estimate of drug-likeness (QED) is 0.467. The lowest BCUT2D eigenvalue weighted by atomic mass is 10.2. The monoisotopic (exact) mass is 419 g/mol. The second-order valence-corrected chi connectivity index (χ2v) is 6.58. The second kappa shape index (κ2) is 10.6. The SMILES string of the molecule is CCCOC(=O)c1ccc(NC(=O)CCCOc2ccc(Br)cc2)cc1. The Kier molecular flexibility index (Phi) is 8.15. The third-order valence-electron chi connectivity index (χ3n) is 3.47. The van der Waals surface area contributed by atoms with Gasteiger partial charge in [0.05, 0.1) is 18.8 Å². The Balaban J connectivity index is 1.70. The molecule has 0 spiro atoms. The van der Waals surface area contributed by atoms with Gasteiger partial charge in [-0.05, 0) is 61.4 Å². The molecule has 0 heterocycles. The third kappa shape index (κ3) is 6.88. The van der Waals surface area contributed by atoms with Gasteiger partial charge in [-0.2, -0.15) is 0 Å². The molecule has 0 aliphatic heterocycles. The summed E-state index contributed by atoms with van der Waals surface area (Å²) in [6, 6.07) is 14.2. The fourth-order valence-electron chi connectivity index (χ4n) is 2.14. The van der Waals surface area contributed by atoms with E-state index in [0.717, 1.165) is 16.6 Å². The van der Waals surface area contributed by atoms with E-state index in [9.17, 15) is 9.59 Å². The van der Waals surface area contributed by atoms with E-state index in [0.29, 0.717) is 37.3 Å². The molecule has 0 fully saturated rings. The fourth-order valence-corrected chi connectivity index (χ4v) is 2.41. The van der Waals surface area contributed by atoms with Crippen molar-refractivity contribution in [2.45, 2.75) is 26.2 Å². The van der Waals surface area contributed by atoms with Crippen molar-refractivity contribution in [1.29, 1.82) is 0 Å². The largest absolute Gasteiger partial charge is 0.494 e. The van der Waals surface area contributed by atoms with Gasteiger partial charge in [0.15, 0.2) is 0 Å². The van der Waals surface area contributed by atoms with Gasteiger partial charge in [-0.1, -0.05) is 22.9 Å². The zero-order chi connectivity index (χ0) is 18.8. The molecule has 5 nitrogen and oxygen atoms in total. The van der Waals surface area contributed by atoms with Crippen LogP contribution in [0, 0.1) is 0 Å². The molecular formula is C20H22BrNO4. The van der Waals surface area contributed by atoms with E-state index in [1.54, 1.807) is 24.3 Å². The van der Waals surface area contributed by atoms with E-state index in [1.165, 1.54) is 0 Å². The number of hydrogen-bond donors (Lipinski definition) is 1. The predicted octanol–water partition coefficient (Wildman–Crippen LogP) is 4.81. The molecule has 0 unspecified atom stereocenters. The fraction of sp³-hybridized carbons (Fsp3) is 0.300. The van der Waals surface area contributed by atoms with Gasteiger partial charge in [-0.3, -0.25) is 4.79 Å². The minimum absolute atomic E-state index is 0.0919. The van der Waals surface area contributed by atoms with E-state index in [1.807, 2.05) is 31.2 Å². The number of amides is 1. The minimum Gasteiger partial charge on any atom is -0.494 e. The molecule has 0 aliphatic carbocycles. The van der Waals surface area contributed by atoms with Crippen LogP contribution in [-0.4, -0.2) is 25.1 Å². The lowest BCUT2D eigenvalue weighted by Gasteiger charge is -2.08. The van der Waals surface area contributed by atoms with Gasteiger partial charge in [0.2, 0.25) is 5.91 Å². The number of halogens is 1. The van der Waals surface area contributed by atoms with Crippen molar-refractivity contribution in [2.75, 3.05) is 18.5 Å². The van der Waals surface area contributed by atoms with Crippen molar-refractivity contribution in [2.24, 2.45) is 0 Å². The summed E-state index contributed by atoms with van der Waals surface area (Å²) in [6.07, 6.45) is 1.76. The average Bonchev–Trinajstić information content (AvgIpc) is 2.65. The maximum absolute atomic E-state index is 12.0. The van der Waals surface area contributed by atoms with Gasteiger partial charge < -0.3 is 14.8 Å². The van der Waals surface area contributed by atoms with Crippen molar-refractivity contribution in [3.63, 3.8) is 0 Å². The van der Waals surface area contributed by atoms with Gasteiger partial charge in [0.1, 0.15) is 5.75 Å². The van der Waals surface area contributed by atoms with Gasteiger partial charge in [0.25, 0.3) is 0 Å². The molecule has 2 rings (SSSR count). The van der Waals surface area contributed by atoms with Crippen LogP contribution in [0.25, 0.3) is 0 Å². The minimum atomic E-state index is -0.352. The van der Waals surface area contributed by atoms with Crippen LogP contribution >= 0.6 is 15.9 Å². The van der Waals surface area contributed by atoms with Crippen LogP contribution in [0.15, 0.2) is 53.0 Å². The molecule has 1 N–H and O–H groups in total. The molecular weight excluding hydrogens is 398 g/mol. The van der Waals surface area contributed by atoms with Crippen LogP contribution < -0.4 is 10.1 Å². The summed E-state index contributed by atoms with van der Waals surface area (Å²) >= 11 is 3.37. The molecule has 1 amide bonds. The first kappa shape index (κ1) is 20.0. The van der Waals surface area contributed by atoms with Crippen LogP contribution in [0.5, 0.6) is 5.75 Å². The van der Waals surface area contributed by atoms with Gasteiger partial charge in [-0.15, -0.1) is 0 Å². The van der Waals surface area contributed by atoms with Crippen LogP contribution in [0.4, 0.5) is 5.69 Å². The van der Waals surface area contributed by atoms with E-state index >= 15 is 0 Å². The molecule has 0 saturated heterocycles. The van der Waals surface area contributed by atoms with Crippen LogP contribution in [0.1, 0.15) is 36.5 Å². The summed E-state index contributed by atoms with van der Waals surface area (Å²) in [5.41, 5.74) is 1.12. The Morgan fingerprint density at radius 1 is 1.00 bits per heavy atom. The number of carbonyl (C=O) groups excluding carboxylic acids is 2.